The summed E-state index contributed by atoms with van der Waals surface area (Å²) in [6.07, 6.45) is 4.08. The highest BCUT2D eigenvalue weighted by Crippen LogP contribution is 2.23. The Morgan fingerprint density at radius 3 is 2.50 bits per heavy atom. The van der Waals surface area contributed by atoms with Crippen LogP contribution in [0.25, 0.3) is 0 Å². The molecular weight excluding hydrogens is 292 g/mol. The highest BCUT2D eigenvalue weighted by molar-refractivity contribution is 5.96. The maximum atomic E-state index is 13.8. The molecule has 0 radical (unpaired) electrons. The minimum Gasteiger partial charge on any atom is -0.444 e. The molecule has 0 saturated heterocycles. The van der Waals surface area contributed by atoms with Gasteiger partial charge in [0.25, 0.3) is 0 Å². The fourth-order valence-electron chi connectivity index (χ4n) is 1.74. The number of rotatable bonds is 3. The second-order valence-corrected chi connectivity index (χ2v) is 5.62. The lowest BCUT2D eigenvalue weighted by Crippen LogP contribution is -2.39. The van der Waals surface area contributed by atoms with Gasteiger partial charge in [0.05, 0.1) is 5.92 Å². The van der Waals surface area contributed by atoms with Crippen molar-refractivity contribution in [1.82, 2.24) is 5.32 Å². The van der Waals surface area contributed by atoms with Crippen LogP contribution in [-0.4, -0.2) is 17.6 Å². The number of halogens is 2. The van der Waals surface area contributed by atoms with E-state index in [1.165, 1.54) is 0 Å². The van der Waals surface area contributed by atoms with Crippen molar-refractivity contribution in [1.29, 1.82) is 0 Å². The van der Waals surface area contributed by atoms with Gasteiger partial charge in [-0.2, -0.15) is 0 Å². The van der Waals surface area contributed by atoms with Crippen LogP contribution >= 0.6 is 0 Å². The zero-order valence-corrected chi connectivity index (χ0v) is 12.6. The van der Waals surface area contributed by atoms with Gasteiger partial charge in [-0.15, -0.1) is 12.3 Å². The number of nitrogens with one attached hydrogen (secondary N) is 1. The number of alkyl carbamates (subject to hydrolysis) is 1. The molecule has 0 aliphatic carbocycles. The van der Waals surface area contributed by atoms with Crippen LogP contribution in [-0.2, 0) is 9.53 Å². The topological polar surface area (TPSA) is 55.4 Å². The molecule has 1 aromatic carbocycles. The predicted molar refractivity (Wildman–Crippen MR) is 76.9 cm³/mol. The summed E-state index contributed by atoms with van der Waals surface area (Å²) in [5.74, 6) is -1.36. The Kier molecular flexibility index (Phi) is 5.63. The Hall–Kier alpha value is -2.42. The number of hydrogen-bond donors (Lipinski definition) is 1. The predicted octanol–water partition coefficient (Wildman–Crippen LogP) is 3.12. The summed E-state index contributed by atoms with van der Waals surface area (Å²) < 4.78 is 31.7. The summed E-state index contributed by atoms with van der Waals surface area (Å²) in [5, 5.41) is 2.01. The van der Waals surface area contributed by atoms with E-state index >= 15 is 0 Å². The van der Waals surface area contributed by atoms with Crippen molar-refractivity contribution in [2.45, 2.75) is 38.7 Å². The fraction of sp³-hybridized carbons (Fsp3) is 0.375. The summed E-state index contributed by atoms with van der Waals surface area (Å²) in [7, 11) is 0. The highest BCUT2D eigenvalue weighted by atomic mass is 19.1. The van der Waals surface area contributed by atoms with Crippen molar-refractivity contribution in [2.75, 3.05) is 0 Å². The summed E-state index contributed by atoms with van der Waals surface area (Å²) in [6.45, 7) is 4.90. The van der Waals surface area contributed by atoms with E-state index in [4.69, 9.17) is 11.2 Å². The van der Waals surface area contributed by atoms with Gasteiger partial charge in [-0.1, -0.05) is 6.07 Å². The molecule has 0 aromatic heterocycles. The van der Waals surface area contributed by atoms with Crippen molar-refractivity contribution in [3.63, 3.8) is 0 Å². The molecule has 0 fully saturated rings. The molecule has 0 heterocycles. The van der Waals surface area contributed by atoms with Gasteiger partial charge >= 0.3 is 6.09 Å². The molecule has 0 aliphatic heterocycles. The van der Waals surface area contributed by atoms with Crippen molar-refractivity contribution >= 4 is 12.0 Å². The second-order valence-electron chi connectivity index (χ2n) is 5.62. The first kappa shape index (κ1) is 17.6. The number of amides is 2. The van der Waals surface area contributed by atoms with Crippen LogP contribution in [0.1, 0.15) is 38.7 Å². The van der Waals surface area contributed by atoms with Crippen molar-refractivity contribution in [3.8, 4) is 12.3 Å². The highest BCUT2D eigenvalue weighted by Gasteiger charge is 2.26. The normalized spacial score (nSPS) is 12.2. The molecule has 0 bridgehead atoms. The van der Waals surface area contributed by atoms with Crippen LogP contribution in [0.3, 0.4) is 0 Å². The Balaban J connectivity index is 2.94. The number of carbonyl (C=O) groups excluding carboxylic acids is 2. The third-order valence-electron chi connectivity index (χ3n) is 2.60. The van der Waals surface area contributed by atoms with Gasteiger partial charge in [-0.25, -0.2) is 13.6 Å². The van der Waals surface area contributed by atoms with E-state index in [1.807, 2.05) is 5.32 Å². The molecule has 22 heavy (non-hydrogen) atoms. The van der Waals surface area contributed by atoms with Crippen LogP contribution in [0, 0.1) is 24.0 Å². The molecule has 1 atom stereocenters. The van der Waals surface area contributed by atoms with Crippen LogP contribution in [0.5, 0.6) is 0 Å². The minimum absolute atomic E-state index is 0.0830. The first-order valence-corrected chi connectivity index (χ1v) is 6.56. The molecule has 4 nitrogen and oxygen atoms in total. The Labute approximate surface area is 127 Å². The first-order valence-electron chi connectivity index (χ1n) is 6.56. The van der Waals surface area contributed by atoms with Crippen LogP contribution in [0.15, 0.2) is 18.2 Å². The zero-order chi connectivity index (χ0) is 16.9. The van der Waals surface area contributed by atoms with E-state index in [9.17, 15) is 18.4 Å². The maximum Gasteiger partial charge on any atom is 0.414 e. The SMILES string of the molecule is C#CCC(C(=O)NC(=O)OC(C)(C)C)c1ccc(F)cc1F. The lowest BCUT2D eigenvalue weighted by atomic mass is 9.94. The third kappa shape index (κ3) is 5.17. The molecular formula is C16H17F2NO3. The van der Waals surface area contributed by atoms with Crippen LogP contribution < -0.4 is 5.32 Å². The second kappa shape index (κ2) is 7.03. The molecule has 2 amide bonds. The van der Waals surface area contributed by atoms with Gasteiger partial charge in [-0.3, -0.25) is 10.1 Å². The molecule has 0 spiro atoms. The van der Waals surface area contributed by atoms with E-state index in [-0.39, 0.29) is 12.0 Å². The minimum atomic E-state index is -1.11. The molecule has 1 N–H and O–H groups in total. The number of carbonyl (C=O) groups is 2. The van der Waals surface area contributed by atoms with E-state index in [0.29, 0.717) is 6.07 Å². The lowest BCUT2D eigenvalue weighted by molar-refractivity contribution is -0.122. The molecule has 1 unspecified atom stereocenters. The summed E-state index contributed by atoms with van der Waals surface area (Å²) in [5.41, 5.74) is -0.868. The Morgan fingerprint density at radius 1 is 1.36 bits per heavy atom. The van der Waals surface area contributed by atoms with Crippen molar-refractivity contribution < 1.29 is 23.1 Å². The molecule has 0 saturated carbocycles. The van der Waals surface area contributed by atoms with E-state index in [0.717, 1.165) is 12.1 Å². The quantitative estimate of drug-likeness (QED) is 0.873. The standard InChI is InChI=1S/C16H17F2NO3/c1-5-6-12(11-8-7-10(17)9-13(11)18)14(20)19-15(21)22-16(2,3)4/h1,7-9,12H,6H2,2-4H3,(H,19,20,21). The van der Waals surface area contributed by atoms with Gasteiger partial charge in [0.2, 0.25) is 5.91 Å². The Bertz CT molecular complexity index is 615. The smallest absolute Gasteiger partial charge is 0.414 e. The molecule has 0 aliphatic rings. The molecule has 1 rings (SSSR count). The Morgan fingerprint density at radius 2 is 2.00 bits per heavy atom. The number of hydrogen-bond acceptors (Lipinski definition) is 3. The average molecular weight is 309 g/mol. The van der Waals surface area contributed by atoms with Gasteiger partial charge in [0.15, 0.2) is 0 Å². The molecule has 118 valence electrons. The third-order valence-corrected chi connectivity index (χ3v) is 2.60. The largest absolute Gasteiger partial charge is 0.444 e. The first-order chi connectivity index (χ1) is 10.1. The monoisotopic (exact) mass is 309 g/mol. The van der Waals surface area contributed by atoms with Gasteiger partial charge in [0, 0.05) is 18.1 Å². The van der Waals surface area contributed by atoms with Crippen molar-refractivity contribution in [3.05, 3.63) is 35.4 Å². The van der Waals surface area contributed by atoms with Crippen molar-refractivity contribution in [2.24, 2.45) is 0 Å². The number of terminal acetylenes is 1. The molecule has 6 heteroatoms. The summed E-state index contributed by atoms with van der Waals surface area (Å²) >= 11 is 0. The average Bonchev–Trinajstić information content (AvgIpc) is 2.34. The lowest BCUT2D eigenvalue weighted by Gasteiger charge is -2.21. The van der Waals surface area contributed by atoms with E-state index in [1.54, 1.807) is 20.8 Å². The van der Waals surface area contributed by atoms with Gasteiger partial charge in [-0.05, 0) is 26.8 Å². The van der Waals surface area contributed by atoms with Crippen LogP contribution in [0.2, 0.25) is 0 Å². The maximum absolute atomic E-state index is 13.8. The van der Waals surface area contributed by atoms with E-state index < -0.39 is 35.2 Å². The zero-order valence-electron chi connectivity index (χ0n) is 12.6. The van der Waals surface area contributed by atoms with Crippen LogP contribution in [0.4, 0.5) is 13.6 Å². The summed E-state index contributed by atoms with van der Waals surface area (Å²) in [4.78, 5) is 23.7. The summed E-state index contributed by atoms with van der Waals surface area (Å²) in [6, 6.07) is 2.80. The van der Waals surface area contributed by atoms with Gasteiger partial charge in [0.1, 0.15) is 17.2 Å². The number of imide groups is 1. The number of benzene rings is 1. The fourth-order valence-corrected chi connectivity index (χ4v) is 1.74. The number of ether oxygens (including phenoxy) is 1. The van der Waals surface area contributed by atoms with Gasteiger partial charge < -0.3 is 4.74 Å². The molecule has 1 aromatic rings. The van der Waals surface area contributed by atoms with E-state index in [2.05, 4.69) is 5.92 Å².